The van der Waals surface area contributed by atoms with E-state index in [1.165, 1.54) is 5.56 Å². The Morgan fingerprint density at radius 2 is 1.78 bits per heavy atom. The third-order valence-corrected chi connectivity index (χ3v) is 5.51. The van der Waals surface area contributed by atoms with Crippen LogP contribution in [0.5, 0.6) is 0 Å². The highest BCUT2D eigenvalue weighted by Gasteiger charge is 2.26. The molecule has 0 aromatic heterocycles. The summed E-state index contributed by atoms with van der Waals surface area (Å²) in [7, 11) is 0. The van der Waals surface area contributed by atoms with Crippen molar-refractivity contribution in [3.63, 3.8) is 0 Å². The second kappa shape index (κ2) is 11.0. The number of thioether (sulfide) groups is 1. The number of likely N-dealkylation sites (N-methyl/N-ethyl adjacent to an activating group) is 1. The summed E-state index contributed by atoms with van der Waals surface area (Å²) in [6, 6.07) is 16.9. The van der Waals surface area contributed by atoms with Crippen molar-refractivity contribution in [2.24, 2.45) is 0 Å². The number of rotatable bonds is 9. The van der Waals surface area contributed by atoms with E-state index >= 15 is 0 Å². The molecule has 2 aromatic carbocycles. The third kappa shape index (κ3) is 6.60. The number of hydrogen-bond acceptors (Lipinski definition) is 3. The van der Waals surface area contributed by atoms with Crippen LogP contribution in [0, 0.1) is 0 Å². The summed E-state index contributed by atoms with van der Waals surface area (Å²) < 4.78 is 0. The molecule has 1 atom stereocenters. The molecule has 2 rings (SSSR count). The molecule has 2 aromatic rings. The Balaban J connectivity index is 2.06. The zero-order valence-electron chi connectivity index (χ0n) is 15.7. The molecule has 0 radical (unpaired) electrons. The lowest BCUT2D eigenvalue weighted by Crippen LogP contribution is -2.48. The van der Waals surface area contributed by atoms with Gasteiger partial charge in [-0.2, -0.15) is 0 Å². The standard InChI is InChI=1S/C21H25ClN2O2S/c1-3-23-21(26)16(2)24(13-18-11-7-8-12-19(18)22)20(25)15-27-14-17-9-5-4-6-10-17/h4-12,16H,3,13-15H2,1-2H3,(H,23,26). The van der Waals surface area contributed by atoms with E-state index in [1.807, 2.05) is 55.5 Å². The molecular weight excluding hydrogens is 380 g/mol. The zero-order valence-corrected chi connectivity index (χ0v) is 17.2. The molecule has 0 spiro atoms. The maximum Gasteiger partial charge on any atom is 0.242 e. The molecule has 0 fully saturated rings. The minimum Gasteiger partial charge on any atom is -0.355 e. The van der Waals surface area contributed by atoms with Gasteiger partial charge in [-0.05, 0) is 31.0 Å². The van der Waals surface area contributed by atoms with E-state index in [0.717, 1.165) is 11.3 Å². The Labute approximate surface area is 170 Å². The quantitative estimate of drug-likeness (QED) is 0.683. The molecule has 0 saturated carbocycles. The molecule has 0 aliphatic rings. The van der Waals surface area contributed by atoms with Gasteiger partial charge >= 0.3 is 0 Å². The number of carbonyl (C=O) groups excluding carboxylic acids is 2. The highest BCUT2D eigenvalue weighted by Crippen LogP contribution is 2.20. The highest BCUT2D eigenvalue weighted by atomic mass is 35.5. The number of halogens is 1. The normalized spacial score (nSPS) is 11.7. The molecule has 144 valence electrons. The number of amides is 2. The van der Waals surface area contributed by atoms with Gasteiger partial charge in [0.15, 0.2) is 0 Å². The molecule has 0 saturated heterocycles. The summed E-state index contributed by atoms with van der Waals surface area (Å²) in [6.07, 6.45) is 0. The van der Waals surface area contributed by atoms with Crippen LogP contribution in [-0.4, -0.2) is 35.1 Å². The summed E-state index contributed by atoms with van der Waals surface area (Å²) in [5.41, 5.74) is 2.00. The van der Waals surface area contributed by atoms with Crippen LogP contribution in [0.2, 0.25) is 5.02 Å². The first-order valence-electron chi connectivity index (χ1n) is 8.95. The Morgan fingerprint density at radius 3 is 2.44 bits per heavy atom. The van der Waals surface area contributed by atoms with Crippen LogP contribution in [0.15, 0.2) is 54.6 Å². The van der Waals surface area contributed by atoms with E-state index in [0.29, 0.717) is 23.9 Å². The van der Waals surface area contributed by atoms with E-state index in [2.05, 4.69) is 5.32 Å². The van der Waals surface area contributed by atoms with Crippen molar-refractivity contribution in [3.8, 4) is 0 Å². The van der Waals surface area contributed by atoms with Crippen molar-refractivity contribution in [2.45, 2.75) is 32.2 Å². The summed E-state index contributed by atoms with van der Waals surface area (Å²) >= 11 is 7.80. The molecule has 6 heteroatoms. The summed E-state index contributed by atoms with van der Waals surface area (Å²) in [4.78, 5) is 26.8. The number of benzene rings is 2. The van der Waals surface area contributed by atoms with Gasteiger partial charge in [-0.3, -0.25) is 9.59 Å². The number of hydrogen-bond donors (Lipinski definition) is 1. The molecule has 0 aliphatic heterocycles. The Kier molecular flexibility index (Phi) is 8.69. The van der Waals surface area contributed by atoms with E-state index in [-0.39, 0.29) is 11.8 Å². The van der Waals surface area contributed by atoms with Crippen LogP contribution < -0.4 is 5.32 Å². The fourth-order valence-electron chi connectivity index (χ4n) is 2.63. The molecule has 1 N–H and O–H groups in total. The highest BCUT2D eigenvalue weighted by molar-refractivity contribution is 7.99. The van der Waals surface area contributed by atoms with Gasteiger partial charge in [0.25, 0.3) is 0 Å². The first-order valence-corrected chi connectivity index (χ1v) is 10.5. The number of carbonyl (C=O) groups is 2. The maximum atomic E-state index is 12.9. The predicted molar refractivity (Wildman–Crippen MR) is 113 cm³/mol. The molecule has 0 aliphatic carbocycles. The summed E-state index contributed by atoms with van der Waals surface area (Å²) in [5, 5.41) is 3.38. The van der Waals surface area contributed by atoms with Crippen LogP contribution >= 0.6 is 23.4 Å². The van der Waals surface area contributed by atoms with Gasteiger partial charge in [-0.25, -0.2) is 0 Å². The lowest BCUT2D eigenvalue weighted by atomic mass is 10.1. The van der Waals surface area contributed by atoms with Crippen LogP contribution in [0.4, 0.5) is 0 Å². The monoisotopic (exact) mass is 404 g/mol. The van der Waals surface area contributed by atoms with Gasteiger partial charge < -0.3 is 10.2 Å². The molecule has 27 heavy (non-hydrogen) atoms. The van der Waals surface area contributed by atoms with E-state index in [4.69, 9.17) is 11.6 Å². The van der Waals surface area contributed by atoms with Crippen LogP contribution in [0.3, 0.4) is 0 Å². The largest absolute Gasteiger partial charge is 0.355 e. The third-order valence-electron chi connectivity index (χ3n) is 4.15. The van der Waals surface area contributed by atoms with Crippen molar-refractivity contribution in [3.05, 3.63) is 70.7 Å². The van der Waals surface area contributed by atoms with Crippen molar-refractivity contribution >= 4 is 35.2 Å². The fourth-order valence-corrected chi connectivity index (χ4v) is 3.69. The zero-order chi connectivity index (χ0) is 19.6. The lowest BCUT2D eigenvalue weighted by molar-refractivity contribution is -0.138. The maximum absolute atomic E-state index is 12.9. The Bertz CT molecular complexity index is 755. The SMILES string of the molecule is CCNC(=O)C(C)N(Cc1ccccc1Cl)C(=O)CSCc1ccccc1. The van der Waals surface area contributed by atoms with E-state index in [1.54, 1.807) is 29.7 Å². The van der Waals surface area contributed by atoms with Gasteiger partial charge in [-0.15, -0.1) is 11.8 Å². The molecule has 0 heterocycles. The van der Waals surface area contributed by atoms with Gasteiger partial charge in [-0.1, -0.05) is 60.1 Å². The average molecular weight is 405 g/mol. The van der Waals surface area contributed by atoms with Gasteiger partial charge in [0.1, 0.15) is 6.04 Å². The topological polar surface area (TPSA) is 49.4 Å². The number of nitrogens with zero attached hydrogens (tertiary/aromatic N) is 1. The fraction of sp³-hybridized carbons (Fsp3) is 0.333. The van der Waals surface area contributed by atoms with Crippen LogP contribution in [0.25, 0.3) is 0 Å². The van der Waals surface area contributed by atoms with Gasteiger partial charge in [0, 0.05) is 23.9 Å². The van der Waals surface area contributed by atoms with Crippen molar-refractivity contribution < 1.29 is 9.59 Å². The summed E-state index contributed by atoms with van der Waals surface area (Å²) in [5.74, 6) is 0.825. The van der Waals surface area contributed by atoms with Gasteiger partial charge in [0.05, 0.1) is 5.75 Å². The first kappa shape index (κ1) is 21.3. The Morgan fingerprint density at radius 1 is 1.11 bits per heavy atom. The average Bonchev–Trinajstić information content (AvgIpc) is 2.67. The lowest BCUT2D eigenvalue weighted by Gasteiger charge is -2.29. The van der Waals surface area contributed by atoms with Crippen molar-refractivity contribution in [2.75, 3.05) is 12.3 Å². The van der Waals surface area contributed by atoms with Gasteiger partial charge in [0.2, 0.25) is 11.8 Å². The van der Waals surface area contributed by atoms with Crippen molar-refractivity contribution in [1.29, 1.82) is 0 Å². The molecule has 2 amide bonds. The minimum atomic E-state index is -0.564. The summed E-state index contributed by atoms with van der Waals surface area (Å²) in [6.45, 7) is 4.45. The predicted octanol–water partition coefficient (Wildman–Crippen LogP) is 4.13. The molecule has 0 bridgehead atoms. The molecule has 4 nitrogen and oxygen atoms in total. The smallest absolute Gasteiger partial charge is 0.242 e. The first-order chi connectivity index (χ1) is 13.0. The molecular formula is C21H25ClN2O2S. The second-order valence-electron chi connectivity index (χ2n) is 6.16. The Hall–Kier alpha value is -1.98. The second-order valence-corrected chi connectivity index (χ2v) is 7.55. The minimum absolute atomic E-state index is 0.0744. The van der Waals surface area contributed by atoms with E-state index < -0.39 is 6.04 Å². The van der Waals surface area contributed by atoms with Crippen molar-refractivity contribution in [1.82, 2.24) is 10.2 Å². The van der Waals surface area contributed by atoms with E-state index in [9.17, 15) is 9.59 Å². The van der Waals surface area contributed by atoms with Crippen LogP contribution in [-0.2, 0) is 21.9 Å². The molecule has 1 unspecified atom stereocenters. The van der Waals surface area contributed by atoms with Crippen LogP contribution in [0.1, 0.15) is 25.0 Å². The number of nitrogens with one attached hydrogen (secondary N) is 1.